The summed E-state index contributed by atoms with van der Waals surface area (Å²) in [6, 6.07) is 1.38. The number of aliphatic carboxylic acids is 1. The molecule has 1 fully saturated rings. The Labute approximate surface area is 128 Å². The lowest BCUT2D eigenvalue weighted by atomic mass is 9.97. The molecule has 1 aromatic rings. The molecule has 2 heterocycles. The van der Waals surface area contributed by atoms with Crippen molar-refractivity contribution in [2.45, 2.75) is 39.0 Å². The van der Waals surface area contributed by atoms with Crippen molar-refractivity contribution in [3.8, 4) is 5.75 Å². The van der Waals surface area contributed by atoms with Crippen LogP contribution in [0.1, 0.15) is 25.5 Å². The second kappa shape index (κ2) is 6.93. The molecule has 0 radical (unpaired) electrons. The van der Waals surface area contributed by atoms with Crippen LogP contribution in [0.3, 0.4) is 0 Å². The lowest BCUT2D eigenvalue weighted by molar-refractivity contribution is -0.143. The summed E-state index contributed by atoms with van der Waals surface area (Å²) < 4.78 is 1.67. The van der Waals surface area contributed by atoms with Gasteiger partial charge in [0.05, 0.1) is 18.2 Å². The van der Waals surface area contributed by atoms with Crippen LogP contribution in [-0.2, 0) is 17.9 Å². The topological polar surface area (TPSA) is 103 Å². The van der Waals surface area contributed by atoms with Crippen LogP contribution in [0.15, 0.2) is 17.1 Å². The second-order valence-electron chi connectivity index (χ2n) is 5.90. The van der Waals surface area contributed by atoms with Gasteiger partial charge in [0, 0.05) is 24.8 Å². The number of hydrogen-bond donors (Lipinski definition) is 3. The third-order valence-electron chi connectivity index (χ3n) is 3.98. The minimum Gasteiger partial charge on any atom is -0.503 e. The Morgan fingerprint density at radius 3 is 2.59 bits per heavy atom. The van der Waals surface area contributed by atoms with Gasteiger partial charge in [0.2, 0.25) is 5.43 Å². The van der Waals surface area contributed by atoms with E-state index in [-0.39, 0.29) is 18.2 Å². The highest BCUT2D eigenvalue weighted by Gasteiger charge is 2.25. The van der Waals surface area contributed by atoms with E-state index in [2.05, 4.69) is 4.90 Å². The molecule has 0 aromatic carbocycles. The van der Waals surface area contributed by atoms with E-state index in [1.165, 1.54) is 12.3 Å². The zero-order valence-electron chi connectivity index (χ0n) is 12.6. The van der Waals surface area contributed by atoms with E-state index in [4.69, 9.17) is 5.11 Å². The first-order valence-corrected chi connectivity index (χ1v) is 7.42. The van der Waals surface area contributed by atoms with Crippen molar-refractivity contribution in [1.82, 2.24) is 9.47 Å². The smallest absolute Gasteiger partial charge is 0.306 e. The zero-order valence-corrected chi connectivity index (χ0v) is 12.6. The molecule has 0 amide bonds. The number of aromatic hydroxyl groups is 1. The normalized spacial score (nSPS) is 18.3. The lowest BCUT2D eigenvalue weighted by Crippen LogP contribution is -2.37. The maximum atomic E-state index is 11.6. The largest absolute Gasteiger partial charge is 0.503 e. The van der Waals surface area contributed by atoms with Crippen molar-refractivity contribution in [2.75, 3.05) is 13.1 Å². The molecule has 22 heavy (non-hydrogen) atoms. The number of hydrogen-bond acceptors (Lipinski definition) is 5. The van der Waals surface area contributed by atoms with Crippen LogP contribution in [-0.4, -0.2) is 49.9 Å². The highest BCUT2D eigenvalue weighted by atomic mass is 16.4. The Hall–Kier alpha value is -1.86. The minimum atomic E-state index is -0.754. The van der Waals surface area contributed by atoms with E-state index in [1.54, 1.807) is 11.5 Å². The van der Waals surface area contributed by atoms with Crippen LogP contribution in [0.2, 0.25) is 0 Å². The van der Waals surface area contributed by atoms with E-state index in [0.29, 0.717) is 38.2 Å². The lowest BCUT2D eigenvalue weighted by Gasteiger charge is -2.30. The Kier molecular flexibility index (Phi) is 5.20. The predicted molar refractivity (Wildman–Crippen MR) is 79.7 cm³/mol. The summed E-state index contributed by atoms with van der Waals surface area (Å²) in [7, 11) is 0. The number of carbonyl (C=O) groups is 1. The average Bonchev–Trinajstić information content (AvgIpc) is 2.44. The molecule has 1 atom stereocenters. The van der Waals surface area contributed by atoms with Crippen LogP contribution in [0.5, 0.6) is 5.75 Å². The van der Waals surface area contributed by atoms with Gasteiger partial charge >= 0.3 is 5.97 Å². The van der Waals surface area contributed by atoms with Crippen LogP contribution in [0, 0.1) is 5.92 Å². The molecule has 1 aliphatic rings. The van der Waals surface area contributed by atoms with Gasteiger partial charge in [-0.1, -0.05) is 0 Å². The first-order valence-electron chi connectivity index (χ1n) is 7.42. The third-order valence-corrected chi connectivity index (χ3v) is 3.98. The summed E-state index contributed by atoms with van der Waals surface area (Å²) in [5, 5.41) is 28.1. The van der Waals surface area contributed by atoms with Crippen molar-refractivity contribution < 1.29 is 20.1 Å². The van der Waals surface area contributed by atoms with Gasteiger partial charge in [-0.2, -0.15) is 0 Å². The molecule has 7 heteroatoms. The van der Waals surface area contributed by atoms with Crippen molar-refractivity contribution in [2.24, 2.45) is 5.92 Å². The molecule has 0 spiro atoms. The third kappa shape index (κ3) is 4.08. The van der Waals surface area contributed by atoms with Crippen LogP contribution >= 0.6 is 0 Å². The molecular weight excluding hydrogens is 288 g/mol. The number of likely N-dealkylation sites (tertiary alicyclic amines) is 1. The molecule has 7 nitrogen and oxygen atoms in total. The van der Waals surface area contributed by atoms with E-state index in [0.717, 1.165) is 0 Å². The summed E-state index contributed by atoms with van der Waals surface area (Å²) in [6.45, 7) is 3.72. The standard InChI is InChI=1S/C15H22N2O5/c1-10(18)7-17-9-14(20)13(19)6-12(17)8-16-4-2-11(3-5-16)15(21)22/h6,9-11,18,20H,2-5,7-8H2,1H3,(H,21,22). The maximum Gasteiger partial charge on any atom is 0.306 e. The maximum absolute atomic E-state index is 11.6. The first-order chi connectivity index (χ1) is 10.4. The minimum absolute atomic E-state index is 0.286. The van der Waals surface area contributed by atoms with Gasteiger partial charge in [0.25, 0.3) is 0 Å². The van der Waals surface area contributed by atoms with Crippen LogP contribution in [0.25, 0.3) is 0 Å². The number of aliphatic hydroxyl groups excluding tert-OH is 1. The molecule has 2 rings (SSSR count). The SMILES string of the molecule is CC(O)Cn1cc(O)c(=O)cc1CN1CCC(C(=O)O)CC1. The Balaban J connectivity index is 2.10. The van der Waals surface area contributed by atoms with Gasteiger partial charge in [-0.15, -0.1) is 0 Å². The predicted octanol–water partition coefficient (Wildman–Crippen LogP) is 0.231. The summed E-state index contributed by atoms with van der Waals surface area (Å²) in [5.74, 6) is -1.39. The summed E-state index contributed by atoms with van der Waals surface area (Å²) >= 11 is 0. The van der Waals surface area contributed by atoms with Gasteiger partial charge in [-0.3, -0.25) is 14.5 Å². The van der Waals surface area contributed by atoms with Gasteiger partial charge in [0.1, 0.15) is 0 Å². The fourth-order valence-electron chi connectivity index (χ4n) is 2.76. The van der Waals surface area contributed by atoms with Crippen molar-refractivity contribution in [3.63, 3.8) is 0 Å². The molecule has 1 aromatic heterocycles. The van der Waals surface area contributed by atoms with Crippen LogP contribution < -0.4 is 5.43 Å². The van der Waals surface area contributed by atoms with E-state index in [9.17, 15) is 19.8 Å². The van der Waals surface area contributed by atoms with E-state index in [1.807, 2.05) is 0 Å². The quantitative estimate of drug-likeness (QED) is 0.719. The number of rotatable bonds is 5. The van der Waals surface area contributed by atoms with Gasteiger partial charge < -0.3 is 19.9 Å². The molecule has 122 valence electrons. The molecule has 1 unspecified atom stereocenters. The number of pyridine rings is 1. The highest BCUT2D eigenvalue weighted by molar-refractivity contribution is 5.70. The summed E-state index contributed by atoms with van der Waals surface area (Å²) in [4.78, 5) is 24.7. The number of nitrogens with zero attached hydrogens (tertiary/aromatic N) is 2. The van der Waals surface area contributed by atoms with Gasteiger partial charge in [-0.25, -0.2) is 0 Å². The molecule has 1 saturated heterocycles. The van der Waals surface area contributed by atoms with Gasteiger partial charge in [0.15, 0.2) is 5.75 Å². The summed E-state index contributed by atoms with van der Waals surface area (Å²) in [6.07, 6.45) is 1.93. The Bertz CT molecular complexity index is 588. The van der Waals surface area contributed by atoms with Gasteiger partial charge in [-0.05, 0) is 32.9 Å². The van der Waals surface area contributed by atoms with Crippen molar-refractivity contribution in [3.05, 3.63) is 28.2 Å². The number of carboxylic acid groups (broad SMARTS) is 1. The highest BCUT2D eigenvalue weighted by Crippen LogP contribution is 2.19. The average molecular weight is 310 g/mol. The Morgan fingerprint density at radius 2 is 2.05 bits per heavy atom. The number of carboxylic acids is 1. The second-order valence-corrected chi connectivity index (χ2v) is 5.90. The Morgan fingerprint density at radius 1 is 1.41 bits per heavy atom. The molecule has 1 aliphatic heterocycles. The fourth-order valence-corrected chi connectivity index (χ4v) is 2.76. The molecule has 0 bridgehead atoms. The first kappa shape index (κ1) is 16.5. The van der Waals surface area contributed by atoms with E-state index >= 15 is 0 Å². The molecule has 0 aliphatic carbocycles. The molecule has 0 saturated carbocycles. The monoisotopic (exact) mass is 310 g/mol. The van der Waals surface area contributed by atoms with Crippen molar-refractivity contribution >= 4 is 5.97 Å². The number of piperidine rings is 1. The summed E-state index contributed by atoms with van der Waals surface area (Å²) in [5.41, 5.74) is 0.259. The molecular formula is C15H22N2O5. The fraction of sp³-hybridized carbons (Fsp3) is 0.600. The number of aromatic nitrogens is 1. The van der Waals surface area contributed by atoms with E-state index < -0.39 is 17.5 Å². The molecule has 3 N–H and O–H groups in total. The number of aliphatic hydroxyl groups is 1. The zero-order chi connectivity index (χ0) is 16.3. The van der Waals surface area contributed by atoms with Crippen LogP contribution in [0.4, 0.5) is 0 Å². The van der Waals surface area contributed by atoms with Crippen molar-refractivity contribution in [1.29, 1.82) is 0 Å².